The zero-order chi connectivity index (χ0) is 28.5. The molecule has 212 valence electrons. The largest absolute Gasteiger partial charge is 0.504 e. The molecule has 11 nitrogen and oxygen atoms in total. The van der Waals surface area contributed by atoms with E-state index in [1.165, 1.54) is 47.3 Å². The van der Waals surface area contributed by atoms with E-state index in [4.69, 9.17) is 35.9 Å². The van der Waals surface area contributed by atoms with Crippen molar-refractivity contribution in [2.45, 2.75) is 6.54 Å². The number of hydrogen-bond acceptors (Lipinski definition) is 10. The van der Waals surface area contributed by atoms with Gasteiger partial charge >= 0.3 is 6.09 Å². The predicted octanol–water partition coefficient (Wildman–Crippen LogP) is 3.36. The van der Waals surface area contributed by atoms with Gasteiger partial charge in [-0.1, -0.05) is 30.0 Å². The number of aromatic hydroxyl groups is 1. The number of carbonyl (C=O) groups excluding carboxylic acids is 2. The molecule has 1 N–H and O–H groups in total. The quantitative estimate of drug-likeness (QED) is 0.442. The van der Waals surface area contributed by atoms with Gasteiger partial charge in [0.2, 0.25) is 11.7 Å². The van der Waals surface area contributed by atoms with Crippen molar-refractivity contribution in [2.75, 3.05) is 72.4 Å². The fraction of sp³-hybridized carbons (Fsp3) is 0.423. The highest BCUT2D eigenvalue weighted by Gasteiger charge is 2.26. The first kappa shape index (κ1) is 30.0. The van der Waals surface area contributed by atoms with E-state index in [0.29, 0.717) is 64.7 Å². The van der Waals surface area contributed by atoms with Crippen LogP contribution < -0.4 is 23.8 Å². The van der Waals surface area contributed by atoms with Gasteiger partial charge in [-0.2, -0.15) is 0 Å². The third-order valence-corrected chi connectivity index (χ3v) is 7.64. The Bertz CT molecular complexity index is 1160. The Labute approximate surface area is 237 Å². The van der Waals surface area contributed by atoms with Crippen LogP contribution in [-0.2, 0) is 16.1 Å². The number of nitrogens with zero attached hydrogens (tertiary/aromatic N) is 3. The van der Waals surface area contributed by atoms with Crippen LogP contribution in [0.4, 0.5) is 10.5 Å². The average molecular weight is 580 g/mol. The summed E-state index contributed by atoms with van der Waals surface area (Å²) in [5, 5.41) is 10.3. The van der Waals surface area contributed by atoms with Crippen molar-refractivity contribution in [3.63, 3.8) is 0 Å². The second-order valence-electron chi connectivity index (χ2n) is 8.37. The van der Waals surface area contributed by atoms with E-state index in [9.17, 15) is 14.7 Å². The maximum absolute atomic E-state index is 13.6. The number of carbonyl (C=O) groups is 2. The van der Waals surface area contributed by atoms with Crippen molar-refractivity contribution in [1.29, 1.82) is 0 Å². The lowest BCUT2D eigenvalue weighted by Crippen LogP contribution is -2.49. The lowest BCUT2D eigenvalue weighted by molar-refractivity contribution is -0.116. The Morgan fingerprint density at radius 3 is 2.00 bits per heavy atom. The molecule has 0 bridgehead atoms. The number of benzene rings is 2. The summed E-state index contributed by atoms with van der Waals surface area (Å²) in [4.78, 5) is 30.5. The number of hydrogen-bond donors (Lipinski definition) is 1. The summed E-state index contributed by atoms with van der Waals surface area (Å²) in [6, 6.07) is 8.35. The molecule has 2 aromatic carbocycles. The van der Waals surface area contributed by atoms with Gasteiger partial charge in [-0.25, -0.2) is 4.79 Å². The number of anilines is 1. The van der Waals surface area contributed by atoms with Crippen molar-refractivity contribution < 1.29 is 38.4 Å². The molecule has 1 saturated heterocycles. The predicted molar refractivity (Wildman–Crippen MR) is 153 cm³/mol. The molecule has 0 aromatic heterocycles. The minimum Gasteiger partial charge on any atom is -0.504 e. The molecular weight excluding hydrogens is 546 g/mol. The Morgan fingerprint density at radius 1 is 0.897 bits per heavy atom. The number of piperazine rings is 1. The van der Waals surface area contributed by atoms with E-state index in [0.717, 1.165) is 0 Å². The van der Waals surface area contributed by atoms with E-state index < -0.39 is 0 Å². The number of thiocarbonyl (C=S) groups is 1. The normalized spacial score (nSPS) is 12.9. The number of rotatable bonds is 9. The first-order chi connectivity index (χ1) is 18.8. The van der Waals surface area contributed by atoms with Gasteiger partial charge in [-0.15, -0.1) is 0 Å². The summed E-state index contributed by atoms with van der Waals surface area (Å²) < 4.78 is 26.9. The smallest absolute Gasteiger partial charge is 0.409 e. The average Bonchev–Trinajstić information content (AvgIpc) is 2.97. The van der Waals surface area contributed by atoms with E-state index in [1.807, 2.05) is 4.90 Å². The number of amides is 2. The van der Waals surface area contributed by atoms with Crippen LogP contribution in [-0.4, -0.2) is 98.7 Å². The fourth-order valence-corrected chi connectivity index (χ4v) is 5.18. The molecule has 3 rings (SSSR count). The maximum atomic E-state index is 13.6. The number of ether oxygens (including phenoxy) is 5. The lowest BCUT2D eigenvalue weighted by Gasteiger charge is -2.35. The van der Waals surface area contributed by atoms with Crippen LogP contribution in [0.5, 0.6) is 28.7 Å². The van der Waals surface area contributed by atoms with Gasteiger partial charge in [-0.3, -0.25) is 4.79 Å². The third-order valence-electron chi connectivity index (χ3n) is 6.14. The number of phenols is 1. The molecule has 0 saturated carbocycles. The van der Waals surface area contributed by atoms with Crippen molar-refractivity contribution in [3.8, 4) is 28.7 Å². The monoisotopic (exact) mass is 579 g/mol. The SMILES string of the molecule is COC(=O)N1CCN(C(=S)SCC(=O)N(Cc2ccc(OC)c(O)c2)c2cc(OC)c(OC)c(OC)c2)CC1. The van der Waals surface area contributed by atoms with E-state index in [2.05, 4.69) is 0 Å². The molecule has 39 heavy (non-hydrogen) atoms. The van der Waals surface area contributed by atoms with Crippen molar-refractivity contribution in [2.24, 2.45) is 0 Å². The van der Waals surface area contributed by atoms with Crippen molar-refractivity contribution in [3.05, 3.63) is 35.9 Å². The summed E-state index contributed by atoms with van der Waals surface area (Å²) in [5.74, 6) is 1.34. The molecule has 0 aliphatic carbocycles. The van der Waals surface area contributed by atoms with Crippen LogP contribution in [0, 0.1) is 0 Å². The van der Waals surface area contributed by atoms with Crippen molar-refractivity contribution in [1.82, 2.24) is 9.80 Å². The van der Waals surface area contributed by atoms with Gasteiger partial charge in [0.05, 0.1) is 53.5 Å². The minimum atomic E-state index is -0.367. The minimum absolute atomic E-state index is 0.0334. The van der Waals surface area contributed by atoms with E-state index >= 15 is 0 Å². The molecule has 2 aromatic rings. The van der Waals surface area contributed by atoms with Gasteiger partial charge in [0.25, 0.3) is 0 Å². The molecule has 0 spiro atoms. The highest BCUT2D eigenvalue weighted by Crippen LogP contribution is 2.41. The summed E-state index contributed by atoms with van der Waals surface area (Å²) >= 11 is 6.85. The number of methoxy groups -OCH3 is 5. The van der Waals surface area contributed by atoms with Crippen LogP contribution in [0.15, 0.2) is 30.3 Å². The molecule has 0 unspecified atom stereocenters. The molecule has 1 heterocycles. The van der Waals surface area contributed by atoms with Crippen LogP contribution in [0.25, 0.3) is 0 Å². The first-order valence-electron chi connectivity index (χ1n) is 12.0. The zero-order valence-electron chi connectivity index (χ0n) is 22.6. The van der Waals surface area contributed by atoms with Gasteiger partial charge < -0.3 is 43.5 Å². The standard InChI is InChI=1S/C26H33N3O8S2/c1-33-20-7-6-17(12-19(20)30)15-29(18-13-21(34-2)24(36-4)22(14-18)35-3)23(31)16-39-26(38)28-10-8-27(9-11-28)25(32)37-5/h6-7,12-14,30H,8-11,15-16H2,1-5H3. The molecule has 0 atom stereocenters. The van der Waals surface area contributed by atoms with Crippen molar-refractivity contribution >= 4 is 46.0 Å². The Kier molecular flexibility index (Phi) is 10.8. The first-order valence-corrected chi connectivity index (χ1v) is 13.4. The molecular formula is C26H33N3O8S2. The highest BCUT2D eigenvalue weighted by molar-refractivity contribution is 8.23. The van der Waals surface area contributed by atoms with Gasteiger partial charge in [0, 0.05) is 38.3 Å². The topological polar surface area (TPSA) is 110 Å². The molecule has 13 heteroatoms. The van der Waals surface area contributed by atoms with Crippen LogP contribution >= 0.6 is 24.0 Å². The van der Waals surface area contributed by atoms with E-state index in [-0.39, 0.29) is 30.0 Å². The second-order valence-corrected chi connectivity index (χ2v) is 9.98. The van der Waals surface area contributed by atoms with Crippen LogP contribution in [0.3, 0.4) is 0 Å². The van der Waals surface area contributed by atoms with Crippen LogP contribution in [0.2, 0.25) is 0 Å². The molecule has 1 aliphatic rings. The summed E-state index contributed by atoms with van der Waals surface area (Å²) in [7, 11) is 7.33. The Balaban J connectivity index is 1.82. The Morgan fingerprint density at radius 2 is 1.49 bits per heavy atom. The van der Waals surface area contributed by atoms with Gasteiger partial charge in [-0.05, 0) is 17.7 Å². The summed E-state index contributed by atoms with van der Waals surface area (Å²) in [5.41, 5.74) is 1.20. The third kappa shape index (κ3) is 7.30. The fourth-order valence-electron chi connectivity index (χ4n) is 4.06. The number of phenolic OH excluding ortho intramolecular Hbond substituents is 1. The van der Waals surface area contributed by atoms with Gasteiger partial charge in [0.15, 0.2) is 23.0 Å². The lowest BCUT2D eigenvalue weighted by atomic mass is 10.1. The summed E-state index contributed by atoms with van der Waals surface area (Å²) in [6.07, 6.45) is -0.367. The van der Waals surface area contributed by atoms with Crippen LogP contribution in [0.1, 0.15) is 5.56 Å². The Hall–Kier alpha value is -3.58. The molecule has 0 radical (unpaired) electrons. The molecule has 2 amide bonds. The molecule has 1 fully saturated rings. The second kappa shape index (κ2) is 14.0. The highest BCUT2D eigenvalue weighted by atomic mass is 32.2. The zero-order valence-corrected chi connectivity index (χ0v) is 24.2. The number of thioether (sulfide) groups is 1. The summed E-state index contributed by atoms with van der Waals surface area (Å²) in [6.45, 7) is 2.23. The van der Waals surface area contributed by atoms with Gasteiger partial charge in [0.1, 0.15) is 4.32 Å². The molecule has 1 aliphatic heterocycles. The maximum Gasteiger partial charge on any atom is 0.409 e. The van der Waals surface area contributed by atoms with E-state index in [1.54, 1.807) is 40.1 Å².